The summed E-state index contributed by atoms with van der Waals surface area (Å²) >= 11 is 12.3. The topological polar surface area (TPSA) is 43.6 Å². The molecule has 0 radical (unpaired) electrons. The predicted octanol–water partition coefficient (Wildman–Crippen LogP) is 2.84. The molecule has 0 spiro atoms. The van der Waals surface area contributed by atoms with Crippen LogP contribution in [-0.4, -0.2) is 19.7 Å². The lowest BCUT2D eigenvalue weighted by Crippen LogP contribution is -2.00. The van der Waals surface area contributed by atoms with Gasteiger partial charge >= 0.3 is 0 Å². The summed E-state index contributed by atoms with van der Waals surface area (Å²) in [7, 11) is 0. The van der Waals surface area contributed by atoms with Gasteiger partial charge in [0.25, 0.3) is 0 Å². The van der Waals surface area contributed by atoms with Crippen LogP contribution in [0.5, 0.6) is 0 Å². The zero-order valence-electron chi connectivity index (χ0n) is 6.65. The van der Waals surface area contributed by atoms with E-state index in [9.17, 15) is 0 Å². The summed E-state index contributed by atoms with van der Waals surface area (Å²) < 4.78 is 3.21. The molecule has 0 fully saturated rings. The molecule has 2 rings (SSSR count). The van der Waals surface area contributed by atoms with Crippen LogP contribution in [0.15, 0.2) is 27.5 Å². The fourth-order valence-electron chi connectivity index (χ4n) is 0.915. The molecule has 0 aliphatic rings. The van der Waals surface area contributed by atoms with Gasteiger partial charge in [0.05, 0.1) is 15.1 Å². The summed E-state index contributed by atoms with van der Waals surface area (Å²) in [5.41, 5.74) is 0. The fraction of sp³-hybridized carbons (Fsp3) is 0. The van der Waals surface area contributed by atoms with Crippen LogP contribution in [0.2, 0.25) is 5.28 Å². The molecule has 0 aromatic carbocycles. The van der Waals surface area contributed by atoms with Gasteiger partial charge in [-0.15, -0.1) is 0 Å². The Kier molecular flexibility index (Phi) is 2.85. The van der Waals surface area contributed by atoms with Crippen LogP contribution < -0.4 is 0 Å². The largest absolute Gasteiger partial charge is 0.225 e. The highest BCUT2D eigenvalue weighted by molar-refractivity contribution is 9.10. The Morgan fingerprint density at radius 3 is 2.71 bits per heavy atom. The summed E-state index contributed by atoms with van der Waals surface area (Å²) in [5, 5.41) is 4.27. The molecule has 0 unspecified atom stereocenters. The number of rotatable bonds is 1. The minimum Gasteiger partial charge on any atom is -0.225 e. The maximum Gasteiger partial charge on any atom is 0.224 e. The van der Waals surface area contributed by atoms with E-state index < -0.39 is 0 Å². The lowest BCUT2D eigenvalue weighted by Gasteiger charge is -2.01. The zero-order chi connectivity index (χ0) is 10.1. The standard InChI is InChI=1S/C7H3Br2ClN4/c8-4-1-12-14(3-4)6-5(9)2-11-7(10)13-6/h1-3H. The van der Waals surface area contributed by atoms with Gasteiger partial charge in [-0.3, -0.25) is 0 Å². The Hall–Kier alpha value is -0.460. The summed E-state index contributed by atoms with van der Waals surface area (Å²) in [6.07, 6.45) is 5.03. The molecule has 2 aromatic rings. The van der Waals surface area contributed by atoms with Crippen LogP contribution in [0.3, 0.4) is 0 Å². The maximum absolute atomic E-state index is 5.68. The van der Waals surface area contributed by atoms with E-state index in [1.54, 1.807) is 23.3 Å². The molecule has 0 amide bonds. The number of halogens is 3. The van der Waals surface area contributed by atoms with Crippen LogP contribution in [0.25, 0.3) is 5.82 Å². The molecule has 14 heavy (non-hydrogen) atoms. The van der Waals surface area contributed by atoms with Gasteiger partial charge < -0.3 is 0 Å². The molecule has 0 aliphatic carbocycles. The first-order chi connectivity index (χ1) is 6.66. The third kappa shape index (κ3) is 1.97. The summed E-state index contributed by atoms with van der Waals surface area (Å²) in [6.45, 7) is 0. The number of aromatic nitrogens is 4. The third-order valence-corrected chi connectivity index (χ3v) is 2.62. The summed E-state index contributed by atoms with van der Waals surface area (Å²) in [4.78, 5) is 7.87. The van der Waals surface area contributed by atoms with Crippen LogP contribution >= 0.6 is 43.5 Å². The Bertz CT molecular complexity index is 470. The molecule has 0 aliphatic heterocycles. The molecule has 4 nitrogen and oxygen atoms in total. The SMILES string of the molecule is Clc1ncc(Br)c(-n2cc(Br)cn2)n1. The minimum atomic E-state index is 0.190. The first-order valence-corrected chi connectivity index (χ1v) is 5.52. The van der Waals surface area contributed by atoms with Crippen molar-refractivity contribution in [3.63, 3.8) is 0 Å². The van der Waals surface area contributed by atoms with Gasteiger partial charge in [0, 0.05) is 12.4 Å². The van der Waals surface area contributed by atoms with Gasteiger partial charge in [-0.1, -0.05) is 0 Å². The fourth-order valence-corrected chi connectivity index (χ4v) is 1.70. The molecule has 0 atom stereocenters. The summed E-state index contributed by atoms with van der Waals surface area (Å²) in [6, 6.07) is 0. The molecule has 0 N–H and O–H groups in total. The second-order valence-corrected chi connectivity index (χ2v) is 4.52. The maximum atomic E-state index is 5.68. The lowest BCUT2D eigenvalue weighted by molar-refractivity contribution is 0.833. The first kappa shape index (κ1) is 10.1. The normalized spacial score (nSPS) is 10.5. The van der Waals surface area contributed by atoms with Crippen LogP contribution in [-0.2, 0) is 0 Å². The van der Waals surface area contributed by atoms with Crippen molar-refractivity contribution in [1.29, 1.82) is 0 Å². The van der Waals surface area contributed by atoms with Gasteiger partial charge in [-0.25, -0.2) is 9.67 Å². The van der Waals surface area contributed by atoms with Gasteiger partial charge in [0.1, 0.15) is 0 Å². The minimum absolute atomic E-state index is 0.190. The summed E-state index contributed by atoms with van der Waals surface area (Å²) in [5.74, 6) is 0.607. The lowest BCUT2D eigenvalue weighted by atomic mass is 10.6. The van der Waals surface area contributed by atoms with Crippen molar-refractivity contribution in [2.75, 3.05) is 0 Å². The van der Waals surface area contributed by atoms with E-state index in [0.717, 1.165) is 8.95 Å². The Balaban J connectivity index is 2.55. The van der Waals surface area contributed by atoms with Crippen molar-refractivity contribution in [3.8, 4) is 5.82 Å². The molecule has 0 bridgehead atoms. The number of hydrogen-bond acceptors (Lipinski definition) is 3. The quantitative estimate of drug-likeness (QED) is 0.751. The van der Waals surface area contributed by atoms with Crippen LogP contribution in [0.1, 0.15) is 0 Å². The Morgan fingerprint density at radius 2 is 2.07 bits per heavy atom. The van der Waals surface area contributed by atoms with Crippen molar-refractivity contribution >= 4 is 43.5 Å². The highest BCUT2D eigenvalue weighted by Gasteiger charge is 2.07. The van der Waals surface area contributed by atoms with Crippen molar-refractivity contribution in [3.05, 3.63) is 32.8 Å². The van der Waals surface area contributed by atoms with Gasteiger partial charge in [0.15, 0.2) is 5.82 Å². The molecule has 2 aromatic heterocycles. The van der Waals surface area contributed by atoms with E-state index in [1.165, 1.54) is 0 Å². The first-order valence-electron chi connectivity index (χ1n) is 3.55. The molecule has 0 saturated heterocycles. The van der Waals surface area contributed by atoms with Gasteiger partial charge in [0.2, 0.25) is 5.28 Å². The molecule has 7 heteroatoms. The molecular weight excluding hydrogens is 335 g/mol. The van der Waals surface area contributed by atoms with E-state index >= 15 is 0 Å². The second kappa shape index (κ2) is 3.96. The smallest absolute Gasteiger partial charge is 0.224 e. The highest BCUT2D eigenvalue weighted by Crippen LogP contribution is 2.20. The van der Waals surface area contributed by atoms with Crippen LogP contribution in [0, 0.1) is 0 Å². The predicted molar refractivity (Wildman–Crippen MR) is 59.6 cm³/mol. The van der Waals surface area contributed by atoms with Gasteiger partial charge in [-0.2, -0.15) is 10.1 Å². The van der Waals surface area contributed by atoms with E-state index in [0.29, 0.717) is 5.82 Å². The molecule has 2 heterocycles. The van der Waals surface area contributed by atoms with Crippen molar-refractivity contribution in [1.82, 2.24) is 19.7 Å². The Morgan fingerprint density at radius 1 is 1.29 bits per heavy atom. The monoisotopic (exact) mass is 336 g/mol. The highest BCUT2D eigenvalue weighted by atomic mass is 79.9. The van der Waals surface area contributed by atoms with Crippen molar-refractivity contribution in [2.24, 2.45) is 0 Å². The number of hydrogen-bond donors (Lipinski definition) is 0. The average Bonchev–Trinajstić information content (AvgIpc) is 2.56. The molecule has 72 valence electrons. The van der Waals surface area contributed by atoms with E-state index in [2.05, 4.69) is 46.9 Å². The van der Waals surface area contributed by atoms with E-state index in [4.69, 9.17) is 11.6 Å². The molecular formula is C7H3Br2ClN4. The Labute approximate surface area is 102 Å². The van der Waals surface area contributed by atoms with Gasteiger partial charge in [-0.05, 0) is 43.5 Å². The van der Waals surface area contributed by atoms with E-state index in [-0.39, 0.29) is 5.28 Å². The van der Waals surface area contributed by atoms with Crippen molar-refractivity contribution in [2.45, 2.75) is 0 Å². The van der Waals surface area contributed by atoms with E-state index in [1.807, 2.05) is 0 Å². The molecule has 0 saturated carbocycles. The number of nitrogens with zero attached hydrogens (tertiary/aromatic N) is 4. The second-order valence-electron chi connectivity index (χ2n) is 2.41. The average molecular weight is 338 g/mol. The van der Waals surface area contributed by atoms with Crippen LogP contribution in [0.4, 0.5) is 0 Å². The van der Waals surface area contributed by atoms with Crippen molar-refractivity contribution < 1.29 is 0 Å². The zero-order valence-corrected chi connectivity index (χ0v) is 10.6. The third-order valence-electron chi connectivity index (χ3n) is 1.46.